The van der Waals surface area contributed by atoms with E-state index in [2.05, 4.69) is 57.8 Å². The van der Waals surface area contributed by atoms with Crippen LogP contribution in [0, 0.1) is 5.41 Å². The Morgan fingerprint density at radius 1 is 0.886 bits per heavy atom. The maximum absolute atomic E-state index is 12.0. The highest BCUT2D eigenvalue weighted by molar-refractivity contribution is 7.99. The van der Waals surface area contributed by atoms with Gasteiger partial charge in [0.05, 0.1) is 27.7 Å². The average molecular weight is 603 g/mol. The molecule has 44 heavy (non-hydrogen) atoms. The largest absolute Gasteiger partial charge is 0.487 e. The number of fused-ring (bicyclic) bond motifs is 2. The van der Waals surface area contributed by atoms with Crippen molar-refractivity contribution in [2.24, 2.45) is 5.41 Å². The van der Waals surface area contributed by atoms with Crippen molar-refractivity contribution in [1.82, 2.24) is 14.5 Å². The quantitative estimate of drug-likeness (QED) is 0.144. The molecule has 0 fully saturated rings. The van der Waals surface area contributed by atoms with Crippen LogP contribution >= 0.6 is 11.9 Å². The Kier molecular flexibility index (Phi) is 8.26. The van der Waals surface area contributed by atoms with Crippen LogP contribution in [0.5, 0.6) is 5.75 Å². The number of carboxylic acids is 1. The Morgan fingerprint density at radius 3 is 2.50 bits per heavy atom. The number of hydrogen-bond donors (Lipinski definition) is 2. The molecule has 0 radical (unpaired) electrons. The van der Waals surface area contributed by atoms with Gasteiger partial charge in [-0.15, -0.1) is 0 Å². The molecule has 0 bridgehead atoms. The van der Waals surface area contributed by atoms with Crippen LogP contribution in [-0.2, 0) is 24.4 Å². The summed E-state index contributed by atoms with van der Waals surface area (Å²) < 4.78 is 11.5. The number of carboxylic acid groups (broad SMARTS) is 1. The second kappa shape index (κ2) is 12.4. The molecule has 0 spiro atoms. The van der Waals surface area contributed by atoms with E-state index in [1.54, 1.807) is 25.8 Å². The number of pyridine rings is 1. The number of aliphatic carboxylic acids is 1. The summed E-state index contributed by atoms with van der Waals surface area (Å²) in [5.41, 5.74) is 6.92. The Bertz CT molecular complexity index is 1950. The zero-order chi connectivity index (χ0) is 30.7. The number of carbonyl (C=O) groups is 1. The lowest BCUT2D eigenvalue weighted by Crippen LogP contribution is -2.27. The minimum absolute atomic E-state index is 0.293. The molecule has 222 valence electrons. The predicted molar refractivity (Wildman–Crippen MR) is 179 cm³/mol. The number of anilines is 1. The number of imidazole rings is 1. The molecule has 0 aliphatic heterocycles. The molecule has 0 saturated carbocycles. The molecular weight excluding hydrogens is 568 g/mol. The summed E-state index contributed by atoms with van der Waals surface area (Å²) in [5.74, 6) is 0.551. The zero-order valence-corrected chi connectivity index (χ0v) is 25.8. The maximum atomic E-state index is 12.0. The van der Waals surface area contributed by atoms with Crippen LogP contribution in [0.15, 0.2) is 103 Å². The third-order valence-corrected chi connectivity index (χ3v) is 8.17. The summed E-state index contributed by atoms with van der Waals surface area (Å²) in [5, 5.41) is 11.0. The van der Waals surface area contributed by atoms with Gasteiger partial charge in [-0.2, -0.15) is 0 Å². The van der Waals surface area contributed by atoms with Crippen LogP contribution < -0.4 is 9.46 Å². The Morgan fingerprint density at radius 2 is 1.70 bits per heavy atom. The SMILES string of the molecule is CSNc1cccc(-c2ccc(Cn3c(CC(C)(C)C(=O)O)nc4cc(OCc5ccc6ccccc6n5)ccc43)cc2)c1. The first-order chi connectivity index (χ1) is 21.3. The number of benzene rings is 4. The van der Waals surface area contributed by atoms with E-state index in [9.17, 15) is 9.90 Å². The van der Waals surface area contributed by atoms with Crippen molar-refractivity contribution in [3.63, 3.8) is 0 Å². The normalized spacial score (nSPS) is 11.6. The average Bonchev–Trinajstić information content (AvgIpc) is 3.35. The lowest BCUT2D eigenvalue weighted by atomic mass is 9.89. The van der Waals surface area contributed by atoms with Crippen LogP contribution in [0.2, 0.25) is 0 Å². The van der Waals surface area contributed by atoms with Crippen molar-refractivity contribution in [2.45, 2.75) is 33.4 Å². The van der Waals surface area contributed by atoms with Gasteiger partial charge in [0, 0.05) is 36.4 Å². The molecule has 6 aromatic rings. The van der Waals surface area contributed by atoms with Gasteiger partial charge in [-0.3, -0.25) is 4.79 Å². The fourth-order valence-corrected chi connectivity index (χ4v) is 5.61. The van der Waals surface area contributed by atoms with Crippen molar-refractivity contribution in [3.05, 3.63) is 120 Å². The fraction of sp³-hybridized carbons (Fsp3) is 0.194. The molecule has 0 aliphatic rings. The summed E-state index contributed by atoms with van der Waals surface area (Å²) in [7, 11) is 0. The summed E-state index contributed by atoms with van der Waals surface area (Å²) >= 11 is 1.57. The summed E-state index contributed by atoms with van der Waals surface area (Å²) in [4.78, 5) is 21.7. The van der Waals surface area contributed by atoms with E-state index in [4.69, 9.17) is 14.7 Å². The minimum Gasteiger partial charge on any atom is -0.487 e. The van der Waals surface area contributed by atoms with Gasteiger partial charge in [-0.25, -0.2) is 9.97 Å². The third kappa shape index (κ3) is 6.40. The molecule has 0 atom stereocenters. The predicted octanol–water partition coefficient (Wildman–Crippen LogP) is 8.22. The molecule has 2 N–H and O–H groups in total. The molecule has 7 nitrogen and oxygen atoms in total. The smallest absolute Gasteiger partial charge is 0.309 e. The second-order valence-corrected chi connectivity index (χ2v) is 12.1. The van der Waals surface area contributed by atoms with Gasteiger partial charge in [-0.05, 0) is 66.9 Å². The van der Waals surface area contributed by atoms with Gasteiger partial charge in [-0.1, -0.05) is 72.6 Å². The van der Waals surface area contributed by atoms with Gasteiger partial charge < -0.3 is 19.1 Å². The van der Waals surface area contributed by atoms with Crippen molar-refractivity contribution < 1.29 is 14.6 Å². The highest BCUT2D eigenvalue weighted by Gasteiger charge is 2.30. The highest BCUT2D eigenvalue weighted by atomic mass is 32.2. The third-order valence-electron chi connectivity index (χ3n) is 7.73. The topological polar surface area (TPSA) is 89.3 Å². The first-order valence-electron chi connectivity index (χ1n) is 14.5. The van der Waals surface area contributed by atoms with Crippen molar-refractivity contribution in [3.8, 4) is 16.9 Å². The second-order valence-electron chi connectivity index (χ2n) is 11.5. The number of aromatic nitrogens is 3. The van der Waals surface area contributed by atoms with E-state index >= 15 is 0 Å². The van der Waals surface area contributed by atoms with Crippen molar-refractivity contribution in [2.75, 3.05) is 11.0 Å². The van der Waals surface area contributed by atoms with Crippen LogP contribution in [0.3, 0.4) is 0 Å². The Hall–Kier alpha value is -4.82. The first kappa shape index (κ1) is 29.3. The molecule has 0 saturated heterocycles. The standard InChI is InChI=1S/C36H34N4O3S/c1-36(2,35(41)42)21-34-38-32-20-30(43-23-29-16-15-26-7-4-5-10-31(26)37-29)17-18-33(32)40(34)22-24-11-13-25(14-12-24)27-8-6-9-28(19-27)39-44-3/h4-20,39H,21-23H2,1-3H3,(H,41,42). The van der Waals surface area contributed by atoms with Crippen LogP contribution in [0.25, 0.3) is 33.1 Å². The van der Waals surface area contributed by atoms with Gasteiger partial charge in [0.2, 0.25) is 0 Å². The summed E-state index contributed by atoms with van der Waals surface area (Å²) in [6.45, 7) is 4.37. The molecule has 6 rings (SSSR count). The van der Waals surface area contributed by atoms with Crippen LogP contribution in [0.4, 0.5) is 5.69 Å². The lowest BCUT2D eigenvalue weighted by Gasteiger charge is -2.19. The number of nitrogens with one attached hydrogen (secondary N) is 1. The molecule has 0 unspecified atom stereocenters. The van der Waals surface area contributed by atoms with E-state index in [1.165, 1.54) is 0 Å². The summed E-state index contributed by atoms with van der Waals surface area (Å²) in [6.07, 6.45) is 2.30. The van der Waals surface area contributed by atoms with Gasteiger partial charge in [0.15, 0.2) is 0 Å². The van der Waals surface area contributed by atoms with E-state index < -0.39 is 11.4 Å². The lowest BCUT2D eigenvalue weighted by molar-refractivity contribution is -0.146. The van der Waals surface area contributed by atoms with E-state index in [0.29, 0.717) is 25.3 Å². The molecule has 8 heteroatoms. The van der Waals surface area contributed by atoms with E-state index in [1.807, 2.05) is 60.9 Å². The highest BCUT2D eigenvalue weighted by Crippen LogP contribution is 2.29. The Labute approximate surface area is 261 Å². The molecule has 4 aromatic carbocycles. The Balaban J connectivity index is 1.27. The van der Waals surface area contributed by atoms with Gasteiger partial charge in [0.25, 0.3) is 0 Å². The molecule has 2 aromatic heterocycles. The van der Waals surface area contributed by atoms with Crippen LogP contribution in [-0.4, -0.2) is 31.9 Å². The number of ether oxygens (including phenoxy) is 1. The minimum atomic E-state index is -0.972. The number of hydrogen-bond acceptors (Lipinski definition) is 6. The summed E-state index contributed by atoms with van der Waals surface area (Å²) in [6, 6.07) is 34.7. The molecule has 2 heterocycles. The maximum Gasteiger partial charge on any atom is 0.309 e. The molecule has 0 amide bonds. The number of nitrogens with zero attached hydrogens (tertiary/aromatic N) is 3. The van der Waals surface area contributed by atoms with Crippen molar-refractivity contribution in [1.29, 1.82) is 0 Å². The fourth-order valence-electron chi connectivity index (χ4n) is 5.24. The van der Waals surface area contributed by atoms with E-state index in [-0.39, 0.29) is 0 Å². The molecular formula is C36H34N4O3S. The molecule has 0 aliphatic carbocycles. The van der Waals surface area contributed by atoms with Gasteiger partial charge in [0.1, 0.15) is 18.2 Å². The van der Waals surface area contributed by atoms with Crippen LogP contribution in [0.1, 0.15) is 30.9 Å². The zero-order valence-electron chi connectivity index (χ0n) is 24.9. The first-order valence-corrected chi connectivity index (χ1v) is 15.7. The number of rotatable bonds is 11. The monoisotopic (exact) mass is 602 g/mol. The number of para-hydroxylation sites is 1. The van der Waals surface area contributed by atoms with E-state index in [0.717, 1.165) is 55.8 Å². The van der Waals surface area contributed by atoms with Gasteiger partial charge >= 0.3 is 5.97 Å². The van der Waals surface area contributed by atoms with Crippen molar-refractivity contribution >= 4 is 45.5 Å².